The van der Waals surface area contributed by atoms with E-state index in [2.05, 4.69) is 34.9 Å². The minimum atomic E-state index is -0.0879. The number of hydrogen-bond acceptors (Lipinski definition) is 4. The van der Waals surface area contributed by atoms with Gasteiger partial charge in [-0.3, -0.25) is 0 Å². The first-order valence-corrected chi connectivity index (χ1v) is 16.4. The van der Waals surface area contributed by atoms with Gasteiger partial charge in [-0.15, -0.1) is 0 Å². The molecule has 2 aliphatic carbocycles. The number of nitrogens with zero attached hydrogens (tertiary/aromatic N) is 2. The van der Waals surface area contributed by atoms with Crippen molar-refractivity contribution in [2.24, 2.45) is 0 Å². The Morgan fingerprint density at radius 2 is 0.932 bits per heavy atom. The number of nitrogens with two attached hydrogens (primary N) is 2. The van der Waals surface area contributed by atoms with Crippen LogP contribution < -0.4 is 22.1 Å². The van der Waals surface area contributed by atoms with E-state index in [1.54, 1.807) is 24.3 Å². The molecule has 0 radical (unpaired) electrons. The van der Waals surface area contributed by atoms with Gasteiger partial charge in [0.05, 0.1) is 0 Å². The molecule has 8 heteroatoms. The zero-order chi connectivity index (χ0) is 30.7. The van der Waals surface area contributed by atoms with E-state index < -0.39 is 0 Å². The highest BCUT2D eigenvalue weighted by atomic mass is 16.2. The summed E-state index contributed by atoms with van der Waals surface area (Å²) in [7, 11) is 0. The minimum Gasteiger partial charge on any atom is -0.399 e. The maximum atomic E-state index is 13.7. The number of carbonyl (C=O) groups excluding carboxylic acids is 2. The average Bonchev–Trinajstić information content (AvgIpc) is 3.47. The van der Waals surface area contributed by atoms with Crippen LogP contribution in [0.4, 0.5) is 32.3 Å². The van der Waals surface area contributed by atoms with E-state index in [1.807, 2.05) is 34.1 Å². The number of benzene rings is 3. The van der Waals surface area contributed by atoms with Crippen LogP contribution in [-0.2, 0) is 13.1 Å². The lowest BCUT2D eigenvalue weighted by Gasteiger charge is -2.33. The summed E-state index contributed by atoms with van der Waals surface area (Å²) in [5, 5.41) is 6.21. The molecule has 0 saturated heterocycles. The monoisotopic (exact) mass is 596 g/mol. The SMILES string of the molecule is Nc1ccc(NC(=O)N(Cc2cccc(CN(C(=O)Nc3ccc(N)cc3)C3CCCCCC3)c2)C2CCCCCC2)cc1. The standard InChI is InChI=1S/C36H48N6O2/c37-29-16-20-31(21-17-29)39-35(43)41(33-12-5-1-2-6-13-33)25-27-10-9-11-28(24-27)26-42(34-14-7-3-4-8-15-34)36(44)40-32-22-18-30(38)19-23-32/h9-11,16-24,33-34H,1-8,12-15,25-26,37-38H2,(H,39,43)(H,40,44). The van der Waals surface area contributed by atoms with Crippen LogP contribution in [0, 0.1) is 0 Å². The lowest BCUT2D eigenvalue weighted by molar-refractivity contribution is 0.174. The van der Waals surface area contributed by atoms with Gasteiger partial charge in [-0.1, -0.05) is 75.6 Å². The predicted molar refractivity (Wildman–Crippen MR) is 180 cm³/mol. The van der Waals surface area contributed by atoms with Crippen molar-refractivity contribution in [1.29, 1.82) is 0 Å². The lowest BCUT2D eigenvalue weighted by atomic mass is 10.0. The Morgan fingerprint density at radius 3 is 1.30 bits per heavy atom. The van der Waals surface area contributed by atoms with E-state index >= 15 is 0 Å². The number of rotatable bonds is 8. The Morgan fingerprint density at radius 1 is 0.568 bits per heavy atom. The van der Waals surface area contributed by atoms with Gasteiger partial charge in [0, 0.05) is 47.9 Å². The second-order valence-corrected chi connectivity index (χ2v) is 12.5. The van der Waals surface area contributed by atoms with Crippen LogP contribution in [0.5, 0.6) is 0 Å². The van der Waals surface area contributed by atoms with E-state index in [4.69, 9.17) is 11.5 Å². The molecule has 44 heavy (non-hydrogen) atoms. The normalized spacial score (nSPS) is 16.4. The van der Waals surface area contributed by atoms with Gasteiger partial charge in [-0.05, 0) is 85.3 Å². The molecule has 0 aromatic heterocycles. The fourth-order valence-corrected chi connectivity index (χ4v) is 6.62. The van der Waals surface area contributed by atoms with Crippen molar-refractivity contribution in [3.63, 3.8) is 0 Å². The number of anilines is 4. The second kappa shape index (κ2) is 15.5. The molecule has 2 aliphatic rings. The molecule has 0 atom stereocenters. The topological polar surface area (TPSA) is 117 Å². The average molecular weight is 597 g/mol. The van der Waals surface area contributed by atoms with E-state index in [-0.39, 0.29) is 24.1 Å². The molecule has 0 bridgehead atoms. The molecule has 2 fully saturated rings. The molecule has 3 aromatic rings. The molecule has 0 spiro atoms. The highest BCUT2D eigenvalue weighted by Crippen LogP contribution is 2.27. The van der Waals surface area contributed by atoms with Crippen LogP contribution in [0.3, 0.4) is 0 Å². The molecule has 2 saturated carbocycles. The van der Waals surface area contributed by atoms with Crippen LogP contribution in [-0.4, -0.2) is 33.9 Å². The van der Waals surface area contributed by atoms with Crippen molar-refractivity contribution in [1.82, 2.24) is 9.80 Å². The maximum absolute atomic E-state index is 13.7. The summed E-state index contributed by atoms with van der Waals surface area (Å²) in [4.78, 5) is 31.5. The van der Waals surface area contributed by atoms with Crippen molar-refractivity contribution in [3.05, 3.63) is 83.9 Å². The first-order valence-electron chi connectivity index (χ1n) is 16.4. The van der Waals surface area contributed by atoms with Gasteiger partial charge >= 0.3 is 12.1 Å². The van der Waals surface area contributed by atoms with Crippen molar-refractivity contribution >= 4 is 34.8 Å². The van der Waals surface area contributed by atoms with E-state index in [1.165, 1.54) is 25.7 Å². The molecule has 8 nitrogen and oxygen atoms in total. The molecular formula is C36H48N6O2. The molecule has 0 unspecified atom stereocenters. The van der Waals surface area contributed by atoms with Crippen LogP contribution in [0.2, 0.25) is 0 Å². The van der Waals surface area contributed by atoms with Crippen LogP contribution in [0.1, 0.15) is 88.2 Å². The van der Waals surface area contributed by atoms with Crippen LogP contribution in [0.25, 0.3) is 0 Å². The fraction of sp³-hybridized carbons (Fsp3) is 0.444. The minimum absolute atomic E-state index is 0.0879. The third-order valence-corrected chi connectivity index (χ3v) is 9.07. The largest absolute Gasteiger partial charge is 0.399 e. The van der Waals surface area contributed by atoms with Crippen LogP contribution in [0.15, 0.2) is 72.8 Å². The zero-order valence-corrected chi connectivity index (χ0v) is 25.8. The number of nitrogens with one attached hydrogen (secondary N) is 2. The molecule has 0 heterocycles. The Kier molecular flexibility index (Phi) is 11.0. The zero-order valence-electron chi connectivity index (χ0n) is 25.8. The lowest BCUT2D eigenvalue weighted by Crippen LogP contribution is -2.42. The Balaban J connectivity index is 1.35. The van der Waals surface area contributed by atoms with Gasteiger partial charge in [0.25, 0.3) is 0 Å². The number of carbonyl (C=O) groups is 2. The molecule has 4 amide bonds. The first kappa shape index (κ1) is 31.2. The predicted octanol–water partition coefficient (Wildman–Crippen LogP) is 8.36. The number of nitrogen functional groups attached to an aromatic ring is 2. The van der Waals surface area contributed by atoms with Gasteiger partial charge in [0.1, 0.15) is 0 Å². The van der Waals surface area contributed by atoms with Gasteiger partial charge in [0.15, 0.2) is 0 Å². The highest BCUT2D eigenvalue weighted by Gasteiger charge is 2.27. The summed E-state index contributed by atoms with van der Waals surface area (Å²) in [5.74, 6) is 0. The second-order valence-electron chi connectivity index (χ2n) is 12.5. The quantitative estimate of drug-likeness (QED) is 0.154. The smallest absolute Gasteiger partial charge is 0.322 e. The summed E-state index contributed by atoms with van der Waals surface area (Å²) in [6, 6.07) is 23.2. The first-order chi connectivity index (χ1) is 21.4. The summed E-state index contributed by atoms with van der Waals surface area (Å²) >= 11 is 0. The van der Waals surface area contributed by atoms with Crippen molar-refractivity contribution in [3.8, 4) is 0 Å². The summed E-state index contributed by atoms with van der Waals surface area (Å²) < 4.78 is 0. The molecule has 0 aliphatic heterocycles. The number of urea groups is 2. The summed E-state index contributed by atoms with van der Waals surface area (Å²) in [6.45, 7) is 1.03. The molecule has 6 N–H and O–H groups in total. The van der Waals surface area contributed by atoms with Crippen LogP contribution >= 0.6 is 0 Å². The van der Waals surface area contributed by atoms with E-state index in [0.29, 0.717) is 24.5 Å². The molecule has 3 aromatic carbocycles. The summed E-state index contributed by atoms with van der Waals surface area (Å²) in [6.07, 6.45) is 13.4. The molecule has 5 rings (SSSR count). The highest BCUT2D eigenvalue weighted by molar-refractivity contribution is 5.90. The van der Waals surface area contributed by atoms with Crippen molar-refractivity contribution in [2.75, 3.05) is 22.1 Å². The summed E-state index contributed by atoms with van der Waals surface area (Å²) in [5.41, 5.74) is 16.7. The molecule has 234 valence electrons. The Hall–Kier alpha value is -4.20. The van der Waals surface area contributed by atoms with Crippen molar-refractivity contribution in [2.45, 2.75) is 102 Å². The number of amides is 4. The van der Waals surface area contributed by atoms with Gasteiger partial charge < -0.3 is 31.9 Å². The van der Waals surface area contributed by atoms with Gasteiger partial charge in [0.2, 0.25) is 0 Å². The number of hydrogen-bond donors (Lipinski definition) is 4. The Bertz CT molecular complexity index is 1240. The van der Waals surface area contributed by atoms with Gasteiger partial charge in [-0.25, -0.2) is 9.59 Å². The third kappa shape index (κ3) is 8.91. The van der Waals surface area contributed by atoms with Gasteiger partial charge in [-0.2, -0.15) is 0 Å². The molecular weight excluding hydrogens is 548 g/mol. The van der Waals surface area contributed by atoms with Crippen molar-refractivity contribution < 1.29 is 9.59 Å². The van der Waals surface area contributed by atoms with E-state index in [0.717, 1.165) is 73.9 Å². The Labute approximate surface area is 262 Å². The fourth-order valence-electron chi connectivity index (χ4n) is 6.62. The third-order valence-electron chi connectivity index (χ3n) is 9.07. The van der Waals surface area contributed by atoms with E-state index in [9.17, 15) is 9.59 Å². The maximum Gasteiger partial charge on any atom is 0.322 e.